The van der Waals surface area contributed by atoms with Crippen LogP contribution in [0.4, 0.5) is 10.1 Å². The number of rotatable bonds is 4. The maximum atomic E-state index is 13.1. The molecular weight excluding hydrogens is 287 g/mol. The third kappa shape index (κ3) is 3.26. The molecular formula is C12H16BrFN2O. The largest absolute Gasteiger partial charge is 0.329 e. The predicted molar refractivity (Wildman–Crippen MR) is 70.2 cm³/mol. The van der Waals surface area contributed by atoms with E-state index in [4.69, 9.17) is 5.73 Å². The number of benzene rings is 1. The van der Waals surface area contributed by atoms with Gasteiger partial charge in [0.1, 0.15) is 5.82 Å². The van der Waals surface area contributed by atoms with Gasteiger partial charge in [0.25, 0.3) is 0 Å². The molecule has 1 atom stereocenters. The van der Waals surface area contributed by atoms with Crippen molar-refractivity contribution in [2.75, 3.05) is 11.9 Å². The fourth-order valence-corrected chi connectivity index (χ4v) is 1.61. The SMILES string of the molecule is CCC(C)(CN)C(=O)Nc1cc(F)ccc1Br. The third-order valence-corrected chi connectivity index (χ3v) is 3.65. The minimum Gasteiger partial charge on any atom is -0.329 e. The molecule has 0 spiro atoms. The summed E-state index contributed by atoms with van der Waals surface area (Å²) in [5, 5.41) is 2.69. The molecule has 0 aromatic heterocycles. The normalized spacial score (nSPS) is 14.2. The first-order chi connectivity index (χ1) is 7.92. The highest BCUT2D eigenvalue weighted by Crippen LogP contribution is 2.27. The summed E-state index contributed by atoms with van der Waals surface area (Å²) in [4.78, 5) is 12.0. The molecule has 0 saturated carbocycles. The van der Waals surface area contributed by atoms with Crippen LogP contribution < -0.4 is 11.1 Å². The zero-order valence-electron chi connectivity index (χ0n) is 9.89. The molecule has 1 rings (SSSR count). The van der Waals surface area contributed by atoms with Gasteiger partial charge in [-0.25, -0.2) is 4.39 Å². The lowest BCUT2D eigenvalue weighted by Gasteiger charge is -2.25. The molecule has 0 fully saturated rings. The molecule has 1 amide bonds. The summed E-state index contributed by atoms with van der Waals surface area (Å²) >= 11 is 3.26. The number of nitrogens with one attached hydrogen (secondary N) is 1. The first kappa shape index (κ1) is 14.1. The summed E-state index contributed by atoms with van der Waals surface area (Å²) in [5.74, 6) is -0.594. The lowest BCUT2D eigenvalue weighted by molar-refractivity contribution is -0.124. The van der Waals surface area contributed by atoms with Crippen LogP contribution in [0.5, 0.6) is 0 Å². The Morgan fingerprint density at radius 2 is 2.24 bits per heavy atom. The average molecular weight is 303 g/mol. The minimum absolute atomic E-state index is 0.200. The topological polar surface area (TPSA) is 55.1 Å². The Bertz CT molecular complexity index is 419. The number of hydrogen-bond acceptors (Lipinski definition) is 2. The second-order valence-electron chi connectivity index (χ2n) is 4.20. The third-order valence-electron chi connectivity index (χ3n) is 2.96. The van der Waals surface area contributed by atoms with Crippen LogP contribution >= 0.6 is 15.9 Å². The van der Waals surface area contributed by atoms with Crippen molar-refractivity contribution in [2.24, 2.45) is 11.1 Å². The average Bonchev–Trinajstić information content (AvgIpc) is 2.32. The van der Waals surface area contributed by atoms with Crippen LogP contribution in [0.2, 0.25) is 0 Å². The lowest BCUT2D eigenvalue weighted by Crippen LogP contribution is -2.39. The van der Waals surface area contributed by atoms with Crippen LogP contribution in [-0.4, -0.2) is 12.5 Å². The van der Waals surface area contributed by atoms with Gasteiger partial charge in [0.15, 0.2) is 0 Å². The standard InChI is InChI=1S/C12H16BrFN2O/c1-3-12(2,7-15)11(17)16-10-6-8(14)4-5-9(10)13/h4-6H,3,7,15H2,1-2H3,(H,16,17). The van der Waals surface area contributed by atoms with Gasteiger partial charge in [-0.2, -0.15) is 0 Å². The molecule has 5 heteroatoms. The van der Waals surface area contributed by atoms with Crippen molar-refractivity contribution in [3.63, 3.8) is 0 Å². The number of nitrogens with two attached hydrogens (primary N) is 1. The Balaban J connectivity index is 2.91. The number of carbonyl (C=O) groups is 1. The summed E-state index contributed by atoms with van der Waals surface area (Å²) in [6.45, 7) is 3.94. The summed E-state index contributed by atoms with van der Waals surface area (Å²) in [6, 6.07) is 4.15. The van der Waals surface area contributed by atoms with Gasteiger partial charge < -0.3 is 11.1 Å². The Hall–Kier alpha value is -0.940. The molecule has 0 aliphatic carbocycles. The van der Waals surface area contributed by atoms with E-state index in [0.717, 1.165) is 0 Å². The highest BCUT2D eigenvalue weighted by atomic mass is 79.9. The molecule has 94 valence electrons. The van der Waals surface area contributed by atoms with Crippen LogP contribution in [0, 0.1) is 11.2 Å². The maximum absolute atomic E-state index is 13.1. The molecule has 3 N–H and O–H groups in total. The van der Waals surface area contributed by atoms with Crippen molar-refractivity contribution in [3.8, 4) is 0 Å². The Labute approximate surface area is 109 Å². The van der Waals surface area contributed by atoms with Gasteiger partial charge in [-0.1, -0.05) is 6.92 Å². The highest BCUT2D eigenvalue weighted by molar-refractivity contribution is 9.10. The number of carbonyl (C=O) groups excluding carboxylic acids is 1. The summed E-state index contributed by atoms with van der Waals surface area (Å²) in [6.07, 6.45) is 0.627. The Kier molecular flexibility index (Phi) is 4.65. The highest BCUT2D eigenvalue weighted by Gasteiger charge is 2.29. The zero-order valence-corrected chi connectivity index (χ0v) is 11.5. The minimum atomic E-state index is -0.633. The summed E-state index contributed by atoms with van der Waals surface area (Å²) in [7, 11) is 0. The van der Waals surface area contributed by atoms with Crippen LogP contribution in [0.15, 0.2) is 22.7 Å². The van der Waals surface area contributed by atoms with Crippen molar-refractivity contribution in [1.29, 1.82) is 0 Å². The van der Waals surface area contributed by atoms with Crippen molar-refractivity contribution in [1.82, 2.24) is 0 Å². The first-order valence-corrected chi connectivity index (χ1v) is 6.19. The lowest BCUT2D eigenvalue weighted by atomic mass is 9.86. The number of amides is 1. The monoisotopic (exact) mass is 302 g/mol. The van der Waals surface area contributed by atoms with E-state index in [2.05, 4.69) is 21.2 Å². The van der Waals surface area contributed by atoms with Crippen molar-refractivity contribution < 1.29 is 9.18 Å². The molecule has 0 aliphatic heterocycles. The molecule has 1 aromatic carbocycles. The Morgan fingerprint density at radius 3 is 2.76 bits per heavy atom. The predicted octanol–water partition coefficient (Wildman–Crippen LogP) is 2.90. The maximum Gasteiger partial charge on any atom is 0.231 e. The molecule has 1 aromatic rings. The second kappa shape index (κ2) is 5.60. The summed E-state index contributed by atoms with van der Waals surface area (Å²) < 4.78 is 13.7. The van der Waals surface area contributed by atoms with E-state index in [1.54, 1.807) is 13.0 Å². The molecule has 0 bridgehead atoms. The van der Waals surface area contributed by atoms with E-state index < -0.39 is 11.2 Å². The van der Waals surface area contributed by atoms with E-state index in [-0.39, 0.29) is 12.5 Å². The van der Waals surface area contributed by atoms with Gasteiger partial charge in [0, 0.05) is 11.0 Å². The fourth-order valence-electron chi connectivity index (χ4n) is 1.26. The van der Waals surface area contributed by atoms with Crippen LogP contribution in [0.25, 0.3) is 0 Å². The van der Waals surface area contributed by atoms with E-state index in [1.165, 1.54) is 12.1 Å². The Morgan fingerprint density at radius 1 is 1.59 bits per heavy atom. The molecule has 0 aliphatic rings. The first-order valence-electron chi connectivity index (χ1n) is 5.39. The van der Waals surface area contributed by atoms with Gasteiger partial charge in [-0.05, 0) is 47.5 Å². The molecule has 3 nitrogen and oxygen atoms in total. The van der Waals surface area contributed by atoms with Gasteiger partial charge in [0.05, 0.1) is 11.1 Å². The van der Waals surface area contributed by atoms with Gasteiger partial charge in [0.2, 0.25) is 5.91 Å². The molecule has 0 radical (unpaired) electrons. The molecule has 1 unspecified atom stereocenters. The summed E-state index contributed by atoms with van der Waals surface area (Å²) in [5.41, 5.74) is 5.38. The van der Waals surface area contributed by atoms with E-state index >= 15 is 0 Å². The van der Waals surface area contributed by atoms with Crippen LogP contribution in [0.1, 0.15) is 20.3 Å². The van der Waals surface area contributed by atoms with Crippen LogP contribution in [-0.2, 0) is 4.79 Å². The van der Waals surface area contributed by atoms with Crippen molar-refractivity contribution in [2.45, 2.75) is 20.3 Å². The van der Waals surface area contributed by atoms with Crippen molar-refractivity contribution in [3.05, 3.63) is 28.5 Å². The van der Waals surface area contributed by atoms with Crippen molar-refractivity contribution >= 4 is 27.5 Å². The molecule has 17 heavy (non-hydrogen) atoms. The number of halogens is 2. The van der Waals surface area contributed by atoms with E-state index in [0.29, 0.717) is 16.6 Å². The number of hydrogen-bond donors (Lipinski definition) is 2. The quantitative estimate of drug-likeness (QED) is 0.898. The second-order valence-corrected chi connectivity index (χ2v) is 5.05. The fraction of sp³-hybridized carbons (Fsp3) is 0.417. The van der Waals surface area contributed by atoms with Crippen LogP contribution in [0.3, 0.4) is 0 Å². The number of anilines is 1. The zero-order chi connectivity index (χ0) is 13.1. The molecule has 0 saturated heterocycles. The van der Waals surface area contributed by atoms with Gasteiger partial charge in [-0.15, -0.1) is 0 Å². The van der Waals surface area contributed by atoms with E-state index in [9.17, 15) is 9.18 Å². The smallest absolute Gasteiger partial charge is 0.231 e. The molecule has 0 heterocycles. The van der Waals surface area contributed by atoms with E-state index in [1.807, 2.05) is 6.92 Å². The van der Waals surface area contributed by atoms with Gasteiger partial charge >= 0.3 is 0 Å². The van der Waals surface area contributed by atoms with Gasteiger partial charge in [-0.3, -0.25) is 4.79 Å².